The summed E-state index contributed by atoms with van der Waals surface area (Å²) < 4.78 is 0. The van der Waals surface area contributed by atoms with Gasteiger partial charge in [-0.15, -0.1) is 11.3 Å². The molecule has 0 aliphatic carbocycles. The number of hydrogen-bond acceptors (Lipinski definition) is 5. The Bertz CT molecular complexity index is 787. The first-order chi connectivity index (χ1) is 11.5. The molecule has 0 unspecified atom stereocenters. The molecule has 3 amide bonds. The van der Waals surface area contributed by atoms with Gasteiger partial charge in [0.2, 0.25) is 5.91 Å². The summed E-state index contributed by atoms with van der Waals surface area (Å²) in [5.74, 6) is -0.943. The highest BCUT2D eigenvalue weighted by Crippen LogP contribution is 2.22. The minimum atomic E-state index is -0.768. The molecule has 1 atom stereocenters. The maximum absolute atomic E-state index is 12.6. The third-order valence-corrected chi connectivity index (χ3v) is 4.80. The Morgan fingerprint density at radius 2 is 2.04 bits per heavy atom. The van der Waals surface area contributed by atoms with Crippen LogP contribution in [0.2, 0.25) is 0 Å². The van der Waals surface area contributed by atoms with Crippen molar-refractivity contribution in [1.82, 2.24) is 14.8 Å². The van der Waals surface area contributed by atoms with Crippen molar-refractivity contribution in [3.63, 3.8) is 0 Å². The molecule has 1 aliphatic rings. The van der Waals surface area contributed by atoms with Gasteiger partial charge in [0.25, 0.3) is 11.8 Å². The van der Waals surface area contributed by atoms with E-state index in [9.17, 15) is 14.4 Å². The minimum absolute atomic E-state index is 0.0109. The highest BCUT2D eigenvalue weighted by molar-refractivity contribution is 7.09. The van der Waals surface area contributed by atoms with E-state index in [0.29, 0.717) is 5.69 Å². The van der Waals surface area contributed by atoms with E-state index in [1.807, 2.05) is 37.3 Å². The number of imide groups is 1. The highest BCUT2D eigenvalue weighted by atomic mass is 32.1. The number of thiazole rings is 1. The van der Waals surface area contributed by atoms with Crippen molar-refractivity contribution >= 4 is 29.1 Å². The van der Waals surface area contributed by atoms with Crippen molar-refractivity contribution < 1.29 is 14.4 Å². The maximum atomic E-state index is 12.6. The number of benzene rings is 1. The van der Waals surface area contributed by atoms with E-state index in [0.717, 1.165) is 10.6 Å². The second-order valence-electron chi connectivity index (χ2n) is 5.69. The van der Waals surface area contributed by atoms with E-state index in [1.54, 1.807) is 12.4 Å². The van der Waals surface area contributed by atoms with Gasteiger partial charge in [-0.1, -0.05) is 30.3 Å². The zero-order valence-corrected chi connectivity index (χ0v) is 14.2. The molecule has 24 heavy (non-hydrogen) atoms. The smallest absolute Gasteiger partial charge is 0.273 e. The van der Waals surface area contributed by atoms with Crippen LogP contribution >= 0.6 is 11.3 Å². The van der Waals surface area contributed by atoms with Crippen LogP contribution in [0.25, 0.3) is 0 Å². The summed E-state index contributed by atoms with van der Waals surface area (Å²) in [6.07, 6.45) is 0.0109. The molecule has 1 fully saturated rings. The van der Waals surface area contributed by atoms with Gasteiger partial charge in [0.1, 0.15) is 11.7 Å². The summed E-state index contributed by atoms with van der Waals surface area (Å²) in [6.45, 7) is 2.04. The lowest BCUT2D eigenvalue weighted by Crippen LogP contribution is -2.43. The van der Waals surface area contributed by atoms with Crippen LogP contribution in [-0.4, -0.2) is 45.6 Å². The summed E-state index contributed by atoms with van der Waals surface area (Å²) >= 11 is 1.38. The Morgan fingerprint density at radius 3 is 2.67 bits per heavy atom. The molecule has 2 aromatic rings. The Hall–Kier alpha value is -2.54. The van der Waals surface area contributed by atoms with Gasteiger partial charge in [-0.05, 0) is 12.5 Å². The second-order valence-corrected chi connectivity index (χ2v) is 6.75. The minimum Gasteiger partial charge on any atom is -0.328 e. The highest BCUT2D eigenvalue weighted by Gasteiger charge is 2.42. The Kier molecular flexibility index (Phi) is 4.44. The molecule has 124 valence electrons. The first kappa shape index (κ1) is 16.3. The summed E-state index contributed by atoms with van der Waals surface area (Å²) in [6, 6.07) is 8.55. The maximum Gasteiger partial charge on any atom is 0.273 e. The molecule has 3 rings (SSSR count). The van der Waals surface area contributed by atoms with Crippen molar-refractivity contribution in [2.24, 2.45) is 0 Å². The average molecular weight is 343 g/mol. The van der Waals surface area contributed by atoms with Gasteiger partial charge in [-0.25, -0.2) is 4.98 Å². The van der Waals surface area contributed by atoms with E-state index < -0.39 is 6.04 Å². The van der Waals surface area contributed by atoms with Crippen LogP contribution < -0.4 is 0 Å². The molecule has 0 spiro atoms. The molecule has 0 N–H and O–H groups in total. The fourth-order valence-electron chi connectivity index (χ4n) is 2.68. The zero-order valence-electron chi connectivity index (χ0n) is 13.4. The summed E-state index contributed by atoms with van der Waals surface area (Å²) in [7, 11) is 1.54. The number of rotatable bonds is 4. The van der Waals surface area contributed by atoms with E-state index >= 15 is 0 Å². The van der Waals surface area contributed by atoms with Gasteiger partial charge >= 0.3 is 0 Å². The molecule has 2 heterocycles. The Labute approximate surface area is 143 Å². The van der Waals surface area contributed by atoms with Crippen molar-refractivity contribution in [2.75, 3.05) is 7.05 Å². The third kappa shape index (κ3) is 3.07. The second kappa shape index (κ2) is 6.52. The summed E-state index contributed by atoms with van der Waals surface area (Å²) in [4.78, 5) is 44.0. The Morgan fingerprint density at radius 1 is 1.33 bits per heavy atom. The van der Waals surface area contributed by atoms with Gasteiger partial charge in [-0.2, -0.15) is 0 Å². The molecular formula is C17H17N3O3S. The molecule has 1 aromatic heterocycles. The van der Waals surface area contributed by atoms with Gasteiger partial charge < -0.3 is 4.90 Å². The normalized spacial score (nSPS) is 17.4. The zero-order chi connectivity index (χ0) is 17.3. The van der Waals surface area contributed by atoms with Crippen molar-refractivity contribution in [1.29, 1.82) is 0 Å². The number of aryl methyl sites for hydroxylation is 1. The molecule has 7 heteroatoms. The monoisotopic (exact) mass is 343 g/mol. The lowest BCUT2D eigenvalue weighted by Gasteiger charge is -2.22. The third-order valence-electron chi connectivity index (χ3n) is 4.03. The van der Waals surface area contributed by atoms with Crippen LogP contribution in [0.3, 0.4) is 0 Å². The number of amides is 3. The van der Waals surface area contributed by atoms with Crippen LogP contribution in [0.4, 0.5) is 0 Å². The molecule has 0 radical (unpaired) electrons. The van der Waals surface area contributed by atoms with E-state index in [4.69, 9.17) is 0 Å². The first-order valence-corrected chi connectivity index (χ1v) is 8.42. The fourth-order valence-corrected chi connectivity index (χ4v) is 3.27. The number of hydrogen-bond donors (Lipinski definition) is 0. The predicted molar refractivity (Wildman–Crippen MR) is 89.3 cm³/mol. The summed E-state index contributed by atoms with van der Waals surface area (Å²) in [5.41, 5.74) is 1.19. The molecule has 1 saturated heterocycles. The lowest BCUT2D eigenvalue weighted by atomic mass is 10.2. The van der Waals surface area contributed by atoms with E-state index in [2.05, 4.69) is 4.98 Å². The van der Waals surface area contributed by atoms with Gasteiger partial charge in [-0.3, -0.25) is 19.3 Å². The van der Waals surface area contributed by atoms with E-state index in [-0.39, 0.29) is 30.7 Å². The van der Waals surface area contributed by atoms with Crippen LogP contribution in [0.15, 0.2) is 35.7 Å². The van der Waals surface area contributed by atoms with Gasteiger partial charge in [0, 0.05) is 12.4 Å². The lowest BCUT2D eigenvalue weighted by molar-refractivity contribution is -0.140. The molecule has 0 bridgehead atoms. The van der Waals surface area contributed by atoms with Gasteiger partial charge in [0.15, 0.2) is 0 Å². The van der Waals surface area contributed by atoms with Crippen molar-refractivity contribution in [3.8, 4) is 0 Å². The Balaban J connectivity index is 1.74. The molecule has 0 saturated carbocycles. The van der Waals surface area contributed by atoms with Crippen molar-refractivity contribution in [2.45, 2.75) is 25.9 Å². The SMILES string of the molecule is Cc1nc(C(=O)N(C)[C@@H]2CC(=O)N(Cc3ccccc3)C2=O)cs1. The van der Waals surface area contributed by atoms with Crippen LogP contribution in [0, 0.1) is 6.92 Å². The standard InChI is InChI=1S/C17H17N3O3S/c1-11-18-13(10-24-11)16(22)19(2)14-8-15(21)20(17(14)23)9-12-6-4-3-5-7-12/h3-7,10,14H,8-9H2,1-2H3/t14-/m1/s1. The number of nitrogens with zero attached hydrogens (tertiary/aromatic N) is 3. The average Bonchev–Trinajstić information content (AvgIpc) is 3.13. The molecule has 1 aromatic carbocycles. The largest absolute Gasteiger partial charge is 0.328 e. The number of carbonyl (C=O) groups excluding carboxylic acids is 3. The number of likely N-dealkylation sites (tertiary alicyclic amines) is 1. The first-order valence-electron chi connectivity index (χ1n) is 7.55. The topological polar surface area (TPSA) is 70.6 Å². The van der Waals surface area contributed by atoms with Crippen LogP contribution in [0.1, 0.15) is 27.5 Å². The number of likely N-dealkylation sites (N-methyl/N-ethyl adjacent to an activating group) is 1. The van der Waals surface area contributed by atoms with E-state index in [1.165, 1.54) is 21.1 Å². The van der Waals surface area contributed by atoms with Crippen molar-refractivity contribution in [3.05, 3.63) is 52.0 Å². The van der Waals surface area contributed by atoms with Crippen LogP contribution in [-0.2, 0) is 16.1 Å². The van der Waals surface area contributed by atoms with Crippen LogP contribution in [0.5, 0.6) is 0 Å². The molecule has 1 aliphatic heterocycles. The summed E-state index contributed by atoms with van der Waals surface area (Å²) in [5, 5.41) is 2.45. The quantitative estimate of drug-likeness (QED) is 0.795. The molecule has 6 nitrogen and oxygen atoms in total. The van der Waals surface area contributed by atoms with Gasteiger partial charge in [0.05, 0.1) is 18.0 Å². The number of carbonyl (C=O) groups is 3. The predicted octanol–water partition coefficient (Wildman–Crippen LogP) is 1.85. The fraction of sp³-hybridized carbons (Fsp3) is 0.294. The molecular weight excluding hydrogens is 326 g/mol. The number of aromatic nitrogens is 1.